The van der Waals surface area contributed by atoms with Crippen LogP contribution in [0.15, 0.2) is 82.1 Å². The van der Waals surface area contributed by atoms with Gasteiger partial charge in [-0.3, -0.25) is 14.6 Å². The number of amides is 2. The highest BCUT2D eigenvalue weighted by atomic mass is 19.4. The van der Waals surface area contributed by atoms with Gasteiger partial charge in [-0.2, -0.15) is 18.3 Å². The lowest BCUT2D eigenvalue weighted by atomic mass is 9.77. The number of ether oxygens (including phenoxy) is 1. The molecule has 1 saturated carbocycles. The number of alkyl carbamates (subject to hydrolysis) is 1. The predicted octanol–water partition coefficient (Wildman–Crippen LogP) is 8.03. The monoisotopic (exact) mass is 690 g/mol. The van der Waals surface area contributed by atoms with E-state index in [1.54, 1.807) is 36.4 Å². The van der Waals surface area contributed by atoms with E-state index in [2.05, 4.69) is 30.8 Å². The molecular formula is C37H41F3N6O4. The molecular weight excluding hydrogens is 649 g/mol. The van der Waals surface area contributed by atoms with Crippen LogP contribution in [0.4, 0.5) is 23.7 Å². The number of nitrogens with one attached hydrogen (secondary N) is 2. The van der Waals surface area contributed by atoms with Crippen molar-refractivity contribution in [3.8, 4) is 11.1 Å². The van der Waals surface area contributed by atoms with Crippen molar-refractivity contribution in [1.82, 2.24) is 10.3 Å². The third kappa shape index (κ3) is 10.3. The smallest absolute Gasteiger partial charge is 0.433 e. The third-order valence-corrected chi connectivity index (χ3v) is 8.74. The minimum Gasteiger partial charge on any atom is -0.444 e. The Morgan fingerprint density at radius 3 is 2.12 bits per heavy atom. The first-order chi connectivity index (χ1) is 23.7. The minimum absolute atomic E-state index is 0.0242. The lowest BCUT2D eigenvalue weighted by molar-refractivity contribution is -0.141. The number of aromatic nitrogens is 1. The van der Waals surface area contributed by atoms with Crippen LogP contribution in [0.25, 0.3) is 11.1 Å². The van der Waals surface area contributed by atoms with E-state index in [4.69, 9.17) is 4.74 Å². The molecule has 0 radical (unpaired) electrons. The molecule has 264 valence electrons. The third-order valence-electron chi connectivity index (χ3n) is 8.74. The second-order valence-corrected chi connectivity index (χ2v) is 13.7. The Kier molecular flexibility index (Phi) is 11.4. The minimum atomic E-state index is -4.52. The predicted molar refractivity (Wildman–Crippen MR) is 183 cm³/mol. The molecule has 2 N–H and O–H groups in total. The Labute approximate surface area is 289 Å². The number of hydrogen-bond donors (Lipinski definition) is 2. The summed E-state index contributed by atoms with van der Waals surface area (Å²) in [5.74, 6) is -0.356. The van der Waals surface area contributed by atoms with Crippen molar-refractivity contribution >= 4 is 29.3 Å². The van der Waals surface area contributed by atoms with Gasteiger partial charge in [-0.25, -0.2) is 9.79 Å². The topological polar surface area (TPSA) is 134 Å². The standard InChI is InChI=1S/C37H41F3N6O4/c1-36(2,3)50-35(49)42-20-24-6-10-26(11-7-24)31(47)19-29(34(48)45-30-15-12-27(13-16-30)33-43-22-44-46-33)18-23-4-8-25(9-5-23)28-14-17-32(41-21-28)37(38,39)40/h4-5,8-9,12-17,21,24,26,29H,6-7,10-11,18-20,22H2,1-3H3,(H,42,49)(H,45,48)/t24?,26?,29-/m1/s1. The van der Waals surface area contributed by atoms with Gasteiger partial charge >= 0.3 is 12.3 Å². The molecule has 2 amide bonds. The molecule has 2 heterocycles. The number of carbonyl (C=O) groups is 3. The molecule has 2 aliphatic rings. The number of aliphatic imine (C=N–C) groups is 1. The highest BCUT2D eigenvalue weighted by Gasteiger charge is 2.33. The molecule has 5 rings (SSSR count). The van der Waals surface area contributed by atoms with Gasteiger partial charge in [0.25, 0.3) is 0 Å². The van der Waals surface area contributed by atoms with Gasteiger partial charge in [0.15, 0.2) is 12.5 Å². The van der Waals surface area contributed by atoms with Crippen LogP contribution < -0.4 is 10.6 Å². The van der Waals surface area contributed by atoms with Gasteiger partial charge in [0, 0.05) is 47.8 Å². The van der Waals surface area contributed by atoms with E-state index < -0.39 is 29.5 Å². The molecule has 1 aliphatic heterocycles. The average molecular weight is 691 g/mol. The number of ketones is 1. The number of anilines is 1. The Bertz CT molecular complexity index is 1710. The largest absolute Gasteiger partial charge is 0.444 e. The molecule has 50 heavy (non-hydrogen) atoms. The van der Waals surface area contributed by atoms with E-state index in [0.29, 0.717) is 42.0 Å². The van der Waals surface area contributed by atoms with Crippen LogP contribution in [0.3, 0.4) is 0 Å². The first kappa shape index (κ1) is 36.3. The zero-order valence-electron chi connectivity index (χ0n) is 28.3. The van der Waals surface area contributed by atoms with Gasteiger partial charge in [0.2, 0.25) is 5.91 Å². The summed E-state index contributed by atoms with van der Waals surface area (Å²) in [6.45, 7) is 6.19. The SMILES string of the molecule is CC(C)(C)OC(=O)NCC1CCC(C(=O)C[C@@H](Cc2ccc(-c3ccc(C(F)(F)F)nc3)cc2)C(=O)Nc2ccc(C3=NCN=N3)cc2)CC1. The maximum atomic E-state index is 13.7. The lowest BCUT2D eigenvalue weighted by Crippen LogP contribution is -2.37. The van der Waals surface area contributed by atoms with Crippen LogP contribution in [0.1, 0.15) is 69.7 Å². The van der Waals surface area contributed by atoms with Crippen LogP contribution in [0.5, 0.6) is 0 Å². The summed E-state index contributed by atoms with van der Waals surface area (Å²) in [6, 6.07) is 16.6. The maximum Gasteiger partial charge on any atom is 0.433 e. The molecule has 13 heteroatoms. The van der Waals surface area contributed by atoms with Gasteiger partial charge in [0.1, 0.15) is 17.1 Å². The van der Waals surface area contributed by atoms with Crippen molar-refractivity contribution in [1.29, 1.82) is 0 Å². The van der Waals surface area contributed by atoms with Crippen LogP contribution >= 0.6 is 0 Å². The summed E-state index contributed by atoms with van der Waals surface area (Å²) < 4.78 is 44.2. The molecule has 0 saturated heterocycles. The number of halogens is 3. The highest BCUT2D eigenvalue weighted by Crippen LogP contribution is 2.32. The zero-order chi connectivity index (χ0) is 35.9. The van der Waals surface area contributed by atoms with E-state index in [9.17, 15) is 27.6 Å². The maximum absolute atomic E-state index is 13.7. The van der Waals surface area contributed by atoms with Gasteiger partial charge in [-0.1, -0.05) is 30.3 Å². The van der Waals surface area contributed by atoms with Crippen LogP contribution in [-0.4, -0.2) is 47.4 Å². The molecule has 1 aliphatic carbocycles. The zero-order valence-corrected chi connectivity index (χ0v) is 28.3. The number of azo groups is 1. The van der Waals surface area contributed by atoms with Gasteiger partial charge in [0.05, 0.1) is 0 Å². The van der Waals surface area contributed by atoms with E-state index >= 15 is 0 Å². The molecule has 0 spiro atoms. The van der Waals surface area contributed by atoms with Crippen molar-refractivity contribution in [2.75, 3.05) is 18.5 Å². The molecule has 1 aromatic heterocycles. The summed E-state index contributed by atoms with van der Waals surface area (Å²) in [6.07, 6.45) is -0.555. The molecule has 1 fully saturated rings. The molecule has 3 aromatic rings. The van der Waals surface area contributed by atoms with E-state index in [1.807, 2.05) is 32.9 Å². The number of carbonyl (C=O) groups excluding carboxylic acids is 3. The van der Waals surface area contributed by atoms with E-state index in [-0.39, 0.29) is 43.0 Å². The Morgan fingerprint density at radius 1 is 0.880 bits per heavy atom. The first-order valence-corrected chi connectivity index (χ1v) is 16.7. The quantitative estimate of drug-likeness (QED) is 0.210. The summed E-state index contributed by atoms with van der Waals surface area (Å²) in [5, 5.41) is 13.6. The van der Waals surface area contributed by atoms with Crippen LogP contribution in [-0.2, 0) is 26.9 Å². The summed E-state index contributed by atoms with van der Waals surface area (Å²) in [7, 11) is 0. The van der Waals surface area contributed by atoms with Crippen molar-refractivity contribution < 1.29 is 32.3 Å². The number of hydrogen-bond acceptors (Lipinski definition) is 8. The number of Topliss-reactive ketones (excluding diaryl/α,β-unsaturated/α-hetero) is 1. The lowest BCUT2D eigenvalue weighted by Gasteiger charge is -2.29. The van der Waals surface area contributed by atoms with Gasteiger partial charge in [-0.15, -0.1) is 5.11 Å². The first-order valence-electron chi connectivity index (χ1n) is 16.7. The van der Waals surface area contributed by atoms with Gasteiger partial charge in [-0.05, 0) is 100 Å². The van der Waals surface area contributed by atoms with Crippen LogP contribution in [0, 0.1) is 17.8 Å². The second kappa shape index (κ2) is 15.7. The number of nitrogens with zero attached hydrogens (tertiary/aromatic N) is 4. The Hall–Kier alpha value is -4.94. The number of pyridine rings is 1. The second-order valence-electron chi connectivity index (χ2n) is 13.7. The Morgan fingerprint density at radius 2 is 1.54 bits per heavy atom. The van der Waals surface area contributed by atoms with Gasteiger partial charge < -0.3 is 15.4 Å². The van der Waals surface area contributed by atoms with E-state index in [1.165, 1.54) is 12.3 Å². The summed E-state index contributed by atoms with van der Waals surface area (Å²) in [4.78, 5) is 47.2. The number of rotatable bonds is 11. The summed E-state index contributed by atoms with van der Waals surface area (Å²) >= 11 is 0. The van der Waals surface area contributed by atoms with Crippen molar-refractivity contribution in [3.05, 3.63) is 83.7 Å². The molecule has 0 unspecified atom stereocenters. The fourth-order valence-electron chi connectivity index (χ4n) is 6.07. The van der Waals surface area contributed by atoms with E-state index in [0.717, 1.165) is 30.0 Å². The Balaban J connectivity index is 1.23. The molecule has 0 bridgehead atoms. The molecule has 1 atom stereocenters. The number of amidine groups is 1. The molecule has 10 nitrogen and oxygen atoms in total. The molecule has 2 aromatic carbocycles. The fraction of sp³-hybridized carbons (Fsp3) is 0.432. The summed E-state index contributed by atoms with van der Waals surface area (Å²) in [5.41, 5.74) is 1.80. The van der Waals surface area contributed by atoms with Crippen molar-refractivity contribution in [3.63, 3.8) is 0 Å². The highest BCUT2D eigenvalue weighted by molar-refractivity contribution is 6.01. The van der Waals surface area contributed by atoms with Crippen molar-refractivity contribution in [2.24, 2.45) is 33.0 Å². The van der Waals surface area contributed by atoms with Crippen molar-refractivity contribution in [2.45, 2.75) is 71.1 Å². The van der Waals surface area contributed by atoms with Crippen LogP contribution in [0.2, 0.25) is 0 Å². The fourth-order valence-corrected chi connectivity index (χ4v) is 6.07. The number of alkyl halides is 3. The normalized spacial score (nSPS) is 18.2. The number of benzene rings is 2. The average Bonchev–Trinajstić information content (AvgIpc) is 3.62.